The normalized spacial score (nSPS) is 13.7. The monoisotopic (exact) mass is 517 g/mol. The van der Waals surface area contributed by atoms with Gasteiger partial charge in [-0.15, -0.1) is 0 Å². The molecule has 0 radical (unpaired) electrons. The van der Waals surface area contributed by atoms with Gasteiger partial charge >= 0.3 is 18.4 Å². The third-order valence-electron chi connectivity index (χ3n) is 5.22. The number of nitrogens with one attached hydrogen (secondary N) is 2. The smallest absolute Gasteiger partial charge is 0.338 e. The van der Waals surface area contributed by atoms with E-state index < -0.39 is 59.6 Å². The molecule has 3 aromatic rings. The van der Waals surface area contributed by atoms with Crippen LogP contribution in [-0.4, -0.2) is 23.7 Å². The molecule has 2 N–H and O–H groups in total. The molecule has 0 aliphatic heterocycles. The number of carbonyl (C=O) groups is 1. The lowest BCUT2D eigenvalue weighted by molar-refractivity contribution is -0.138. The molecular weight excluding hydrogens is 498 g/mol. The lowest BCUT2D eigenvalue weighted by atomic mass is 9.79. The molecule has 0 fully saturated rings. The topological polar surface area (TPSA) is 54.0 Å². The second-order valence-electron chi connectivity index (χ2n) is 7.90. The molecule has 36 heavy (non-hydrogen) atoms. The number of rotatable bonds is 7. The standard InChI is InChI=1S/C24H19F8N3O/c25-18-6-7-20(34-14-18)22(13-15-4-2-1-3-5-15,35-21(36)33-9-8-23(27,28)29)16-10-17(24(30,31)32)12-19(26)11-16/h1-7,10-12,14H,8-9,13H2,(H2,33,35,36). The van der Waals surface area contributed by atoms with E-state index in [9.17, 15) is 39.9 Å². The van der Waals surface area contributed by atoms with Gasteiger partial charge < -0.3 is 10.6 Å². The van der Waals surface area contributed by atoms with E-state index in [1.54, 1.807) is 30.3 Å². The highest BCUT2D eigenvalue weighted by atomic mass is 19.4. The number of aromatic nitrogens is 1. The molecule has 0 spiro atoms. The van der Waals surface area contributed by atoms with Crippen LogP contribution in [0, 0.1) is 11.6 Å². The van der Waals surface area contributed by atoms with E-state index in [0.717, 1.165) is 24.4 Å². The highest BCUT2D eigenvalue weighted by Crippen LogP contribution is 2.37. The van der Waals surface area contributed by atoms with Gasteiger partial charge in [-0.05, 0) is 41.5 Å². The van der Waals surface area contributed by atoms with Gasteiger partial charge in [0.2, 0.25) is 0 Å². The average Bonchev–Trinajstić information content (AvgIpc) is 2.78. The largest absolute Gasteiger partial charge is 0.416 e. The minimum Gasteiger partial charge on any atom is -0.338 e. The lowest BCUT2D eigenvalue weighted by Crippen LogP contribution is -2.53. The van der Waals surface area contributed by atoms with Gasteiger partial charge in [0.1, 0.15) is 17.2 Å². The Hall–Kier alpha value is -3.70. The van der Waals surface area contributed by atoms with E-state index in [4.69, 9.17) is 0 Å². The molecule has 0 aliphatic carbocycles. The van der Waals surface area contributed by atoms with E-state index in [1.807, 2.05) is 5.32 Å². The number of nitrogens with zero attached hydrogens (tertiary/aromatic N) is 1. The first-order valence-electron chi connectivity index (χ1n) is 10.5. The Balaban J connectivity index is 2.18. The summed E-state index contributed by atoms with van der Waals surface area (Å²) < 4.78 is 106. The Morgan fingerprint density at radius 1 is 0.833 bits per heavy atom. The summed E-state index contributed by atoms with van der Waals surface area (Å²) in [6.07, 6.45) is -10.4. The van der Waals surface area contributed by atoms with Crippen molar-refractivity contribution >= 4 is 6.03 Å². The van der Waals surface area contributed by atoms with Crippen LogP contribution in [0.5, 0.6) is 0 Å². The second kappa shape index (κ2) is 10.5. The maximum Gasteiger partial charge on any atom is 0.416 e. The summed E-state index contributed by atoms with van der Waals surface area (Å²) in [6, 6.07) is 10.5. The molecule has 192 valence electrons. The van der Waals surface area contributed by atoms with Crippen LogP contribution in [0.3, 0.4) is 0 Å². The minimum atomic E-state index is -4.96. The van der Waals surface area contributed by atoms with Gasteiger partial charge in [0.05, 0.1) is 23.9 Å². The molecule has 1 atom stereocenters. The third kappa shape index (κ3) is 6.92. The number of hydrogen-bond acceptors (Lipinski definition) is 2. The number of benzene rings is 2. The zero-order valence-corrected chi connectivity index (χ0v) is 18.4. The molecule has 2 amide bonds. The number of pyridine rings is 1. The SMILES string of the molecule is O=C(NCCC(F)(F)F)NC(Cc1ccccc1)(c1cc(F)cc(C(F)(F)F)c1)c1ccc(F)cn1. The first kappa shape index (κ1) is 26.9. The second-order valence-corrected chi connectivity index (χ2v) is 7.90. The van der Waals surface area contributed by atoms with Gasteiger partial charge in [0.25, 0.3) is 0 Å². The first-order valence-corrected chi connectivity index (χ1v) is 10.5. The summed E-state index contributed by atoms with van der Waals surface area (Å²) in [5.41, 5.74) is -3.51. The van der Waals surface area contributed by atoms with Crippen LogP contribution in [-0.2, 0) is 18.1 Å². The van der Waals surface area contributed by atoms with E-state index >= 15 is 0 Å². The van der Waals surface area contributed by atoms with Crippen LogP contribution in [0.2, 0.25) is 0 Å². The summed E-state index contributed by atoms with van der Waals surface area (Å²) in [6.45, 7) is -0.829. The summed E-state index contributed by atoms with van der Waals surface area (Å²) >= 11 is 0. The van der Waals surface area contributed by atoms with Crippen molar-refractivity contribution < 1.29 is 39.9 Å². The quantitative estimate of drug-likeness (QED) is 0.372. The number of amides is 2. The number of carbonyl (C=O) groups excluding carboxylic acids is 1. The predicted octanol–water partition coefficient (Wildman–Crippen LogP) is 6.12. The predicted molar refractivity (Wildman–Crippen MR) is 114 cm³/mol. The molecule has 0 bridgehead atoms. The Labute approximate surface area is 200 Å². The molecule has 1 aromatic heterocycles. The molecule has 4 nitrogen and oxygen atoms in total. The average molecular weight is 517 g/mol. The Kier molecular flexibility index (Phi) is 7.85. The minimum absolute atomic E-state index is 0.169. The van der Waals surface area contributed by atoms with Gasteiger partial charge in [0, 0.05) is 13.0 Å². The maximum absolute atomic E-state index is 14.4. The van der Waals surface area contributed by atoms with Crippen LogP contribution in [0.4, 0.5) is 39.9 Å². The molecule has 0 saturated heterocycles. The van der Waals surface area contributed by atoms with Gasteiger partial charge in [0.15, 0.2) is 0 Å². The summed E-state index contributed by atoms with van der Waals surface area (Å²) in [5.74, 6) is -2.07. The van der Waals surface area contributed by atoms with Crippen molar-refractivity contribution in [3.63, 3.8) is 0 Å². The van der Waals surface area contributed by atoms with Gasteiger partial charge in [-0.1, -0.05) is 30.3 Å². The zero-order valence-electron chi connectivity index (χ0n) is 18.4. The first-order chi connectivity index (χ1) is 16.8. The molecule has 2 aromatic carbocycles. The number of halogens is 8. The Morgan fingerprint density at radius 3 is 2.08 bits per heavy atom. The molecule has 12 heteroatoms. The fourth-order valence-corrected chi connectivity index (χ4v) is 3.61. The van der Waals surface area contributed by atoms with Crippen LogP contribution in [0.25, 0.3) is 0 Å². The van der Waals surface area contributed by atoms with E-state index in [1.165, 1.54) is 0 Å². The lowest BCUT2D eigenvalue weighted by Gasteiger charge is -2.36. The number of hydrogen-bond donors (Lipinski definition) is 2. The summed E-state index contributed by atoms with van der Waals surface area (Å²) in [7, 11) is 0. The van der Waals surface area contributed by atoms with E-state index in [2.05, 4.69) is 10.3 Å². The van der Waals surface area contributed by atoms with Crippen molar-refractivity contribution in [1.29, 1.82) is 0 Å². The van der Waals surface area contributed by atoms with Crippen molar-refractivity contribution in [2.75, 3.05) is 6.54 Å². The van der Waals surface area contributed by atoms with Crippen molar-refractivity contribution in [2.45, 2.75) is 30.7 Å². The molecule has 1 unspecified atom stereocenters. The van der Waals surface area contributed by atoms with E-state index in [0.29, 0.717) is 11.6 Å². The molecule has 3 rings (SSSR count). The molecule has 0 saturated carbocycles. The van der Waals surface area contributed by atoms with Crippen LogP contribution >= 0.6 is 0 Å². The van der Waals surface area contributed by atoms with Crippen molar-refractivity contribution in [2.24, 2.45) is 0 Å². The van der Waals surface area contributed by atoms with Gasteiger partial charge in [-0.2, -0.15) is 26.3 Å². The van der Waals surface area contributed by atoms with Crippen molar-refractivity contribution in [1.82, 2.24) is 15.6 Å². The fourth-order valence-electron chi connectivity index (χ4n) is 3.61. The summed E-state index contributed by atoms with van der Waals surface area (Å²) in [5, 5.41) is 4.39. The number of alkyl halides is 6. The molecule has 0 aliphatic rings. The third-order valence-corrected chi connectivity index (χ3v) is 5.22. The van der Waals surface area contributed by atoms with Crippen LogP contribution < -0.4 is 10.6 Å². The fraction of sp³-hybridized carbons (Fsp3) is 0.250. The van der Waals surface area contributed by atoms with Crippen molar-refractivity contribution in [3.05, 3.63) is 101 Å². The summed E-state index contributed by atoms with van der Waals surface area (Å²) in [4.78, 5) is 16.6. The highest BCUT2D eigenvalue weighted by Gasteiger charge is 2.41. The Bertz CT molecular complexity index is 1180. The zero-order chi connectivity index (χ0) is 26.6. The van der Waals surface area contributed by atoms with Crippen LogP contribution in [0.15, 0.2) is 66.9 Å². The Morgan fingerprint density at radius 2 is 1.50 bits per heavy atom. The highest BCUT2D eigenvalue weighted by molar-refractivity contribution is 5.76. The maximum atomic E-state index is 14.4. The van der Waals surface area contributed by atoms with E-state index in [-0.39, 0.29) is 18.2 Å². The van der Waals surface area contributed by atoms with Gasteiger partial charge in [-0.3, -0.25) is 4.98 Å². The molecular formula is C24H19F8N3O. The van der Waals surface area contributed by atoms with Crippen LogP contribution in [0.1, 0.15) is 28.8 Å². The molecule has 1 heterocycles. The van der Waals surface area contributed by atoms with Crippen molar-refractivity contribution in [3.8, 4) is 0 Å². The van der Waals surface area contributed by atoms with Gasteiger partial charge in [-0.25, -0.2) is 13.6 Å². The number of urea groups is 1.